The van der Waals surface area contributed by atoms with Crippen LogP contribution in [0, 0.1) is 0 Å². The molecule has 0 unspecified atom stereocenters. The molecule has 0 saturated carbocycles. The van der Waals surface area contributed by atoms with Crippen molar-refractivity contribution in [2.24, 2.45) is 0 Å². The van der Waals surface area contributed by atoms with Crippen LogP contribution in [0.1, 0.15) is 47.7 Å². The Bertz CT molecular complexity index is 633. The first-order valence-corrected chi connectivity index (χ1v) is 7.73. The predicted octanol–water partition coefficient (Wildman–Crippen LogP) is 4.26. The van der Waals surface area contributed by atoms with E-state index >= 15 is 0 Å². The maximum Gasteiger partial charge on any atom is 0.170 e. The lowest BCUT2D eigenvalue weighted by Crippen LogP contribution is -2.05. The summed E-state index contributed by atoms with van der Waals surface area (Å²) in [4.78, 5) is 12.4. The van der Waals surface area contributed by atoms with Gasteiger partial charge in [0.25, 0.3) is 0 Å². The standard InChI is InChI=1S/C19H22O3/c1-2-3-5-10-15-12-16(19(22)13-17(15)20)18(21)11-14-8-6-4-7-9-14/h4,6-9,12-13,20,22H,2-3,5,10-11H2,1H3. The monoisotopic (exact) mass is 298 g/mol. The highest BCUT2D eigenvalue weighted by Crippen LogP contribution is 2.29. The first-order valence-electron chi connectivity index (χ1n) is 7.73. The summed E-state index contributed by atoms with van der Waals surface area (Å²) in [6.45, 7) is 2.12. The summed E-state index contributed by atoms with van der Waals surface area (Å²) in [6, 6.07) is 12.4. The van der Waals surface area contributed by atoms with Crippen LogP contribution >= 0.6 is 0 Å². The third-order valence-electron chi connectivity index (χ3n) is 3.75. The summed E-state index contributed by atoms with van der Waals surface area (Å²) in [7, 11) is 0. The van der Waals surface area contributed by atoms with Crippen molar-refractivity contribution in [2.75, 3.05) is 0 Å². The maximum atomic E-state index is 12.4. The van der Waals surface area contributed by atoms with Crippen LogP contribution in [-0.4, -0.2) is 16.0 Å². The van der Waals surface area contributed by atoms with Crippen molar-refractivity contribution < 1.29 is 15.0 Å². The molecule has 0 fully saturated rings. The fraction of sp³-hybridized carbons (Fsp3) is 0.316. The number of phenols is 2. The number of phenolic OH excluding ortho intramolecular Hbond substituents is 2. The number of unbranched alkanes of at least 4 members (excludes halogenated alkanes) is 2. The third-order valence-corrected chi connectivity index (χ3v) is 3.75. The lowest BCUT2D eigenvalue weighted by atomic mass is 9.97. The fourth-order valence-electron chi connectivity index (χ4n) is 2.49. The summed E-state index contributed by atoms with van der Waals surface area (Å²) in [5.74, 6) is -0.233. The van der Waals surface area contributed by atoms with Crippen molar-refractivity contribution in [3.8, 4) is 11.5 Å². The zero-order chi connectivity index (χ0) is 15.9. The van der Waals surface area contributed by atoms with E-state index in [0.717, 1.165) is 30.4 Å². The molecule has 0 aliphatic carbocycles. The van der Waals surface area contributed by atoms with E-state index in [4.69, 9.17) is 0 Å². The molecule has 2 rings (SSSR count). The summed E-state index contributed by atoms with van der Waals surface area (Å²) < 4.78 is 0. The van der Waals surface area contributed by atoms with Gasteiger partial charge in [0.05, 0.1) is 5.56 Å². The van der Waals surface area contributed by atoms with E-state index in [9.17, 15) is 15.0 Å². The zero-order valence-corrected chi connectivity index (χ0v) is 12.9. The molecule has 2 aromatic rings. The molecule has 116 valence electrons. The molecule has 0 aliphatic heterocycles. The third kappa shape index (κ3) is 4.10. The van der Waals surface area contributed by atoms with Crippen molar-refractivity contribution in [2.45, 2.75) is 39.0 Å². The van der Waals surface area contributed by atoms with Gasteiger partial charge in [0.15, 0.2) is 5.78 Å². The number of aryl methyl sites for hydroxylation is 1. The van der Waals surface area contributed by atoms with Crippen molar-refractivity contribution >= 4 is 5.78 Å². The molecular formula is C19H22O3. The van der Waals surface area contributed by atoms with Crippen molar-refractivity contribution in [1.29, 1.82) is 0 Å². The minimum Gasteiger partial charge on any atom is -0.508 e. The Labute approximate surface area is 131 Å². The highest BCUT2D eigenvalue weighted by molar-refractivity contribution is 6.00. The molecule has 22 heavy (non-hydrogen) atoms. The minimum absolute atomic E-state index is 0.0601. The molecule has 0 radical (unpaired) electrons. The SMILES string of the molecule is CCCCCc1cc(C(=O)Cc2ccccc2)c(O)cc1O. The van der Waals surface area contributed by atoms with Gasteiger partial charge in [-0.2, -0.15) is 0 Å². The highest BCUT2D eigenvalue weighted by Gasteiger charge is 2.15. The fourth-order valence-corrected chi connectivity index (χ4v) is 2.49. The van der Waals surface area contributed by atoms with Crippen LogP contribution in [0.3, 0.4) is 0 Å². The van der Waals surface area contributed by atoms with Gasteiger partial charge < -0.3 is 10.2 Å². The number of hydrogen-bond acceptors (Lipinski definition) is 3. The Morgan fingerprint density at radius 3 is 2.41 bits per heavy atom. The molecule has 0 aromatic heterocycles. The molecule has 0 heterocycles. The molecule has 0 atom stereocenters. The molecule has 3 nitrogen and oxygen atoms in total. The Hall–Kier alpha value is -2.29. The molecule has 3 heteroatoms. The average molecular weight is 298 g/mol. The van der Waals surface area contributed by atoms with E-state index < -0.39 is 0 Å². The van der Waals surface area contributed by atoms with E-state index in [1.165, 1.54) is 6.07 Å². The number of Topliss-reactive ketones (excluding diaryl/α,β-unsaturated/α-hetero) is 1. The molecule has 0 amide bonds. The van der Waals surface area contributed by atoms with Crippen LogP contribution in [0.5, 0.6) is 11.5 Å². The molecule has 2 aromatic carbocycles. The number of hydrogen-bond donors (Lipinski definition) is 2. The molecule has 0 saturated heterocycles. The Morgan fingerprint density at radius 1 is 1.00 bits per heavy atom. The van der Waals surface area contributed by atoms with E-state index in [2.05, 4.69) is 6.92 Å². The highest BCUT2D eigenvalue weighted by atomic mass is 16.3. The van der Waals surface area contributed by atoms with E-state index in [0.29, 0.717) is 6.42 Å². The minimum atomic E-state index is -0.155. The lowest BCUT2D eigenvalue weighted by molar-refractivity contribution is 0.0990. The number of ketones is 1. The maximum absolute atomic E-state index is 12.4. The Kier molecular flexibility index (Phi) is 5.59. The number of carbonyl (C=O) groups excluding carboxylic acids is 1. The second-order valence-corrected chi connectivity index (χ2v) is 5.54. The molecule has 0 aliphatic rings. The summed E-state index contributed by atoms with van der Waals surface area (Å²) in [5, 5.41) is 19.9. The van der Waals surface area contributed by atoms with Crippen LogP contribution in [0.4, 0.5) is 0 Å². The van der Waals surface area contributed by atoms with E-state index in [-0.39, 0.29) is 29.3 Å². The molecule has 2 N–H and O–H groups in total. The van der Waals surface area contributed by atoms with Crippen molar-refractivity contribution in [3.63, 3.8) is 0 Å². The summed E-state index contributed by atoms with van der Waals surface area (Å²) in [6.07, 6.45) is 4.09. The van der Waals surface area contributed by atoms with Gasteiger partial charge in [0, 0.05) is 12.5 Å². The van der Waals surface area contributed by atoms with Gasteiger partial charge in [-0.3, -0.25) is 4.79 Å². The number of rotatable bonds is 7. The van der Waals surface area contributed by atoms with Gasteiger partial charge in [0.1, 0.15) is 11.5 Å². The lowest BCUT2D eigenvalue weighted by Gasteiger charge is -2.10. The van der Waals surface area contributed by atoms with Crippen LogP contribution in [0.2, 0.25) is 0 Å². The van der Waals surface area contributed by atoms with Crippen LogP contribution in [0.15, 0.2) is 42.5 Å². The quantitative estimate of drug-likeness (QED) is 0.593. The van der Waals surface area contributed by atoms with Crippen molar-refractivity contribution in [3.05, 3.63) is 59.2 Å². The average Bonchev–Trinajstić information content (AvgIpc) is 2.50. The Morgan fingerprint density at radius 2 is 1.73 bits per heavy atom. The number of carbonyl (C=O) groups is 1. The Balaban J connectivity index is 2.18. The van der Waals surface area contributed by atoms with Gasteiger partial charge in [-0.25, -0.2) is 0 Å². The van der Waals surface area contributed by atoms with Crippen LogP contribution in [0.25, 0.3) is 0 Å². The largest absolute Gasteiger partial charge is 0.508 e. The second-order valence-electron chi connectivity index (χ2n) is 5.54. The molecule has 0 spiro atoms. The number of aromatic hydroxyl groups is 2. The first kappa shape index (κ1) is 16.1. The summed E-state index contributed by atoms with van der Waals surface area (Å²) in [5.41, 5.74) is 1.92. The normalized spacial score (nSPS) is 10.6. The predicted molar refractivity (Wildman–Crippen MR) is 87.5 cm³/mol. The van der Waals surface area contributed by atoms with Crippen molar-refractivity contribution in [1.82, 2.24) is 0 Å². The smallest absolute Gasteiger partial charge is 0.170 e. The zero-order valence-electron chi connectivity index (χ0n) is 12.9. The summed E-state index contributed by atoms with van der Waals surface area (Å²) >= 11 is 0. The van der Waals surface area contributed by atoms with Crippen LogP contribution in [-0.2, 0) is 12.8 Å². The molecule has 0 bridgehead atoms. The van der Waals surface area contributed by atoms with Crippen LogP contribution < -0.4 is 0 Å². The topological polar surface area (TPSA) is 57.5 Å². The molecular weight excluding hydrogens is 276 g/mol. The van der Waals surface area contributed by atoms with Gasteiger partial charge >= 0.3 is 0 Å². The van der Waals surface area contributed by atoms with E-state index in [1.54, 1.807) is 6.07 Å². The second kappa shape index (κ2) is 7.64. The van der Waals surface area contributed by atoms with E-state index in [1.807, 2.05) is 30.3 Å². The van der Waals surface area contributed by atoms with Gasteiger partial charge in [0.2, 0.25) is 0 Å². The first-order chi connectivity index (χ1) is 10.6. The van der Waals surface area contributed by atoms with Gasteiger partial charge in [-0.15, -0.1) is 0 Å². The number of benzene rings is 2. The van der Waals surface area contributed by atoms with Gasteiger partial charge in [-0.1, -0.05) is 50.1 Å². The van der Waals surface area contributed by atoms with Gasteiger partial charge in [-0.05, 0) is 30.0 Å².